The molecule has 0 saturated carbocycles. The van der Waals surface area contributed by atoms with Crippen molar-refractivity contribution in [1.29, 1.82) is 0 Å². The number of hydrogen-bond acceptors (Lipinski definition) is 5. The summed E-state index contributed by atoms with van der Waals surface area (Å²) in [5.41, 5.74) is 0.720. The molecule has 128 valence electrons. The molecule has 0 aliphatic carbocycles. The van der Waals surface area contributed by atoms with Crippen molar-refractivity contribution in [3.05, 3.63) is 57.9 Å². The number of nitrogens with zero attached hydrogens (tertiary/aromatic N) is 2. The molecular formula is C16H19N3O5. The molecule has 1 aromatic carbocycles. The van der Waals surface area contributed by atoms with Gasteiger partial charge in [-0.3, -0.25) is 15.0 Å². The topological polar surface area (TPSA) is 93.9 Å². The summed E-state index contributed by atoms with van der Waals surface area (Å²) in [6.45, 7) is 5.31. The Morgan fingerprint density at radius 3 is 2.58 bits per heavy atom. The van der Waals surface area contributed by atoms with Gasteiger partial charge in [0.2, 0.25) is 0 Å². The summed E-state index contributed by atoms with van der Waals surface area (Å²) < 4.78 is 10.4. The van der Waals surface area contributed by atoms with E-state index in [1.54, 1.807) is 25.1 Å². The summed E-state index contributed by atoms with van der Waals surface area (Å²) in [4.78, 5) is 24.6. The maximum atomic E-state index is 12.3. The van der Waals surface area contributed by atoms with Crippen LogP contribution in [0.2, 0.25) is 0 Å². The van der Waals surface area contributed by atoms with Crippen LogP contribution in [0.25, 0.3) is 0 Å². The van der Waals surface area contributed by atoms with E-state index in [1.807, 2.05) is 0 Å². The maximum Gasteiger partial charge on any atom is 0.323 e. The number of carbonyl (C=O) groups excluding carboxylic acids is 1. The molecule has 0 bridgehead atoms. The van der Waals surface area contributed by atoms with Crippen LogP contribution in [0, 0.1) is 10.1 Å². The molecule has 0 spiro atoms. The zero-order valence-corrected chi connectivity index (χ0v) is 13.7. The lowest BCUT2D eigenvalue weighted by molar-refractivity contribution is -0.433. The number of methoxy groups -OCH3 is 2. The number of allylic oxidation sites excluding steroid dienone is 1. The summed E-state index contributed by atoms with van der Waals surface area (Å²) in [6.07, 6.45) is 1.51. The Labute approximate surface area is 139 Å². The van der Waals surface area contributed by atoms with E-state index in [9.17, 15) is 14.9 Å². The summed E-state index contributed by atoms with van der Waals surface area (Å²) in [5.74, 6) is 0.929. The van der Waals surface area contributed by atoms with Gasteiger partial charge in [0, 0.05) is 6.54 Å². The van der Waals surface area contributed by atoms with E-state index < -0.39 is 17.0 Å². The van der Waals surface area contributed by atoms with E-state index in [-0.39, 0.29) is 17.9 Å². The van der Waals surface area contributed by atoms with Gasteiger partial charge in [-0.05, 0) is 24.6 Å². The zero-order chi connectivity index (χ0) is 17.9. The van der Waals surface area contributed by atoms with Crippen LogP contribution in [-0.4, -0.2) is 36.6 Å². The zero-order valence-electron chi connectivity index (χ0n) is 13.7. The van der Waals surface area contributed by atoms with Gasteiger partial charge in [-0.15, -0.1) is 6.58 Å². The Balaban J connectivity index is 2.54. The molecule has 1 N–H and O–H groups in total. The molecule has 0 aromatic heterocycles. The fourth-order valence-corrected chi connectivity index (χ4v) is 2.63. The second-order valence-corrected chi connectivity index (χ2v) is 5.12. The van der Waals surface area contributed by atoms with Gasteiger partial charge in [0.05, 0.1) is 24.8 Å². The second-order valence-electron chi connectivity index (χ2n) is 5.12. The van der Waals surface area contributed by atoms with Crippen LogP contribution >= 0.6 is 0 Å². The molecule has 24 heavy (non-hydrogen) atoms. The van der Waals surface area contributed by atoms with Gasteiger partial charge in [0.1, 0.15) is 6.04 Å². The second kappa shape index (κ2) is 7.03. The van der Waals surface area contributed by atoms with Crippen molar-refractivity contribution in [2.24, 2.45) is 0 Å². The predicted octanol–water partition coefficient (Wildman–Crippen LogP) is 2.46. The third kappa shape index (κ3) is 3.03. The normalized spacial score (nSPS) is 17.4. The first kappa shape index (κ1) is 17.3. The van der Waals surface area contributed by atoms with Crippen LogP contribution in [0.4, 0.5) is 4.79 Å². The average molecular weight is 333 g/mol. The van der Waals surface area contributed by atoms with Crippen molar-refractivity contribution < 1.29 is 19.2 Å². The molecule has 1 atom stereocenters. The van der Waals surface area contributed by atoms with Crippen molar-refractivity contribution in [2.45, 2.75) is 13.0 Å². The third-order valence-corrected chi connectivity index (χ3v) is 3.81. The van der Waals surface area contributed by atoms with Crippen LogP contribution in [0.15, 0.2) is 42.2 Å². The average Bonchev–Trinajstić information content (AvgIpc) is 2.56. The third-order valence-electron chi connectivity index (χ3n) is 3.81. The van der Waals surface area contributed by atoms with Gasteiger partial charge in [0.15, 0.2) is 11.5 Å². The fourth-order valence-electron chi connectivity index (χ4n) is 2.63. The molecule has 1 heterocycles. The van der Waals surface area contributed by atoms with Crippen LogP contribution in [0.3, 0.4) is 0 Å². The van der Waals surface area contributed by atoms with Crippen LogP contribution in [0.5, 0.6) is 11.5 Å². The Morgan fingerprint density at radius 2 is 2.04 bits per heavy atom. The number of nitrogens with one attached hydrogen (secondary N) is 1. The van der Waals surface area contributed by atoms with Gasteiger partial charge < -0.3 is 14.8 Å². The molecule has 1 aliphatic rings. The number of carbonyl (C=O) groups is 1. The van der Waals surface area contributed by atoms with Crippen molar-refractivity contribution >= 4 is 6.03 Å². The minimum Gasteiger partial charge on any atom is -0.493 e. The largest absolute Gasteiger partial charge is 0.493 e. The van der Waals surface area contributed by atoms with Crippen molar-refractivity contribution in [3.63, 3.8) is 0 Å². The summed E-state index contributed by atoms with van der Waals surface area (Å²) in [6, 6.07) is 3.62. The number of ether oxygens (including phenoxy) is 2. The smallest absolute Gasteiger partial charge is 0.323 e. The quantitative estimate of drug-likeness (QED) is 0.490. The fraction of sp³-hybridized carbons (Fsp3) is 0.312. The van der Waals surface area contributed by atoms with Crippen molar-refractivity contribution in [1.82, 2.24) is 10.2 Å². The highest BCUT2D eigenvalue weighted by molar-refractivity contribution is 5.79. The van der Waals surface area contributed by atoms with Gasteiger partial charge in [-0.1, -0.05) is 12.1 Å². The van der Waals surface area contributed by atoms with E-state index in [0.29, 0.717) is 17.1 Å². The van der Waals surface area contributed by atoms with E-state index >= 15 is 0 Å². The minimum absolute atomic E-state index is 0.0938. The number of hydrogen-bond donors (Lipinski definition) is 1. The van der Waals surface area contributed by atoms with Crippen molar-refractivity contribution in [2.75, 3.05) is 20.8 Å². The number of nitro groups is 1. The lowest BCUT2D eigenvalue weighted by Crippen LogP contribution is -2.47. The van der Waals surface area contributed by atoms with Gasteiger partial charge in [-0.2, -0.15) is 0 Å². The monoisotopic (exact) mass is 333 g/mol. The molecule has 2 amide bonds. The number of amides is 2. The number of urea groups is 1. The highest BCUT2D eigenvalue weighted by Gasteiger charge is 2.39. The Kier molecular flexibility index (Phi) is 5.08. The van der Waals surface area contributed by atoms with Gasteiger partial charge >= 0.3 is 6.03 Å². The van der Waals surface area contributed by atoms with E-state index in [4.69, 9.17) is 9.47 Å². The van der Waals surface area contributed by atoms with E-state index in [2.05, 4.69) is 11.9 Å². The van der Waals surface area contributed by atoms with Crippen molar-refractivity contribution in [3.8, 4) is 11.5 Å². The lowest BCUT2D eigenvalue weighted by atomic mass is 10.00. The standard InChI is InChI=1S/C16H19N3O5/c1-5-8-18-10(2)15(19(21)22)14(17-16(18)20)11-6-7-12(23-3)13(9-11)24-4/h5-7,9,14H,1,8H2,2-4H3,(H,17,20). The lowest BCUT2D eigenvalue weighted by Gasteiger charge is -2.31. The SMILES string of the molecule is C=CCN1C(=O)NC(c2ccc(OC)c(OC)c2)C([N+](=O)[O-])=C1C. The van der Waals surface area contributed by atoms with Gasteiger partial charge in [-0.25, -0.2) is 4.79 Å². The molecule has 2 rings (SSSR count). The highest BCUT2D eigenvalue weighted by Crippen LogP contribution is 2.35. The highest BCUT2D eigenvalue weighted by atomic mass is 16.6. The first-order chi connectivity index (χ1) is 11.4. The van der Waals surface area contributed by atoms with Crippen LogP contribution < -0.4 is 14.8 Å². The molecule has 1 unspecified atom stereocenters. The van der Waals surface area contributed by atoms with E-state index in [1.165, 1.54) is 25.2 Å². The summed E-state index contributed by atoms with van der Waals surface area (Å²) >= 11 is 0. The maximum absolute atomic E-state index is 12.3. The van der Waals surface area contributed by atoms with Crippen LogP contribution in [0.1, 0.15) is 18.5 Å². The Bertz CT molecular complexity index is 714. The molecule has 8 nitrogen and oxygen atoms in total. The molecule has 8 heteroatoms. The molecule has 1 aliphatic heterocycles. The van der Waals surface area contributed by atoms with E-state index in [0.717, 1.165) is 0 Å². The molecular weight excluding hydrogens is 314 g/mol. The first-order valence-electron chi connectivity index (χ1n) is 7.20. The number of rotatable bonds is 6. The molecule has 0 radical (unpaired) electrons. The molecule has 1 aromatic rings. The minimum atomic E-state index is -0.881. The summed E-state index contributed by atoms with van der Waals surface area (Å²) in [5, 5.41) is 14.2. The molecule has 0 saturated heterocycles. The Hall–Kier alpha value is -3.03. The molecule has 0 fully saturated rings. The Morgan fingerprint density at radius 1 is 1.38 bits per heavy atom. The number of benzene rings is 1. The van der Waals surface area contributed by atoms with Crippen LogP contribution in [-0.2, 0) is 0 Å². The first-order valence-corrected chi connectivity index (χ1v) is 7.20. The predicted molar refractivity (Wildman–Crippen MR) is 87.4 cm³/mol. The summed E-state index contributed by atoms with van der Waals surface area (Å²) in [7, 11) is 2.97. The van der Waals surface area contributed by atoms with Gasteiger partial charge in [0.25, 0.3) is 5.70 Å².